The van der Waals surface area contributed by atoms with Crippen molar-refractivity contribution in [3.8, 4) is 0 Å². The molecular weight excluding hydrogens is 238 g/mol. The minimum absolute atomic E-state index is 0.388. The molecule has 2 atom stereocenters. The number of aromatic nitrogens is 1. The van der Waals surface area contributed by atoms with E-state index in [0.29, 0.717) is 5.92 Å². The third kappa shape index (κ3) is 2.29. The van der Waals surface area contributed by atoms with Crippen molar-refractivity contribution in [1.29, 1.82) is 0 Å². The summed E-state index contributed by atoms with van der Waals surface area (Å²) >= 11 is 0. The Labute approximate surface area is 114 Å². The first-order valence-corrected chi connectivity index (χ1v) is 7.28. The van der Waals surface area contributed by atoms with Crippen LogP contribution in [0.25, 0.3) is 0 Å². The number of fused-ring (bicyclic) bond motifs is 1. The number of rotatable bonds is 1. The van der Waals surface area contributed by atoms with Gasteiger partial charge in [-0.1, -0.05) is 12.8 Å². The van der Waals surface area contributed by atoms with Gasteiger partial charge < -0.3 is 15.7 Å². The van der Waals surface area contributed by atoms with Crippen molar-refractivity contribution in [2.75, 3.05) is 23.7 Å². The normalized spacial score (nSPS) is 31.1. The number of anilines is 2. The maximum atomic E-state index is 10.7. The lowest BCUT2D eigenvalue weighted by molar-refractivity contribution is -0.0613. The molecule has 1 saturated carbocycles. The molecule has 0 radical (unpaired) electrons. The van der Waals surface area contributed by atoms with Crippen LogP contribution in [0.5, 0.6) is 0 Å². The van der Waals surface area contributed by atoms with Crippen LogP contribution in [0.3, 0.4) is 0 Å². The molecule has 3 rings (SSSR count). The standard InChI is InChI=1S/C15H23N3O/c1-11-9-17-14(8-13(11)16)18-7-6-15(19)5-3-2-4-12(15)10-18/h8-9,12,19H,2-7,10H2,1H3,(H2,16,17). The van der Waals surface area contributed by atoms with Gasteiger partial charge >= 0.3 is 0 Å². The minimum atomic E-state index is -0.426. The van der Waals surface area contributed by atoms with Crippen LogP contribution in [0.1, 0.15) is 37.7 Å². The number of nitrogens with two attached hydrogens (primary N) is 1. The Morgan fingerprint density at radius 1 is 1.42 bits per heavy atom. The first kappa shape index (κ1) is 12.7. The van der Waals surface area contributed by atoms with Gasteiger partial charge in [0, 0.05) is 37.0 Å². The zero-order valence-electron chi connectivity index (χ0n) is 11.6. The Morgan fingerprint density at radius 2 is 2.26 bits per heavy atom. The summed E-state index contributed by atoms with van der Waals surface area (Å²) in [5, 5.41) is 10.7. The van der Waals surface area contributed by atoms with Crippen LogP contribution in [0.4, 0.5) is 11.5 Å². The van der Waals surface area contributed by atoms with E-state index in [-0.39, 0.29) is 0 Å². The van der Waals surface area contributed by atoms with Gasteiger partial charge in [0.15, 0.2) is 0 Å². The zero-order chi connectivity index (χ0) is 13.5. The highest BCUT2D eigenvalue weighted by atomic mass is 16.3. The highest BCUT2D eigenvalue weighted by Crippen LogP contribution is 2.40. The van der Waals surface area contributed by atoms with Crippen LogP contribution >= 0.6 is 0 Å². The third-order valence-electron chi connectivity index (χ3n) is 4.88. The monoisotopic (exact) mass is 261 g/mol. The molecule has 0 spiro atoms. The van der Waals surface area contributed by atoms with Crippen molar-refractivity contribution < 1.29 is 5.11 Å². The van der Waals surface area contributed by atoms with Gasteiger partial charge in [-0.3, -0.25) is 0 Å². The first-order chi connectivity index (χ1) is 9.08. The summed E-state index contributed by atoms with van der Waals surface area (Å²) in [6, 6.07) is 1.96. The van der Waals surface area contributed by atoms with E-state index in [2.05, 4.69) is 9.88 Å². The first-order valence-electron chi connectivity index (χ1n) is 7.28. The molecule has 4 nitrogen and oxygen atoms in total. The van der Waals surface area contributed by atoms with Gasteiger partial charge in [0.1, 0.15) is 5.82 Å². The summed E-state index contributed by atoms with van der Waals surface area (Å²) < 4.78 is 0. The molecule has 1 aliphatic carbocycles. The quantitative estimate of drug-likeness (QED) is 0.812. The molecule has 2 fully saturated rings. The van der Waals surface area contributed by atoms with Gasteiger partial charge in [-0.15, -0.1) is 0 Å². The van der Waals surface area contributed by atoms with Gasteiger partial charge in [0.25, 0.3) is 0 Å². The van der Waals surface area contributed by atoms with Crippen LogP contribution < -0.4 is 10.6 Å². The molecule has 2 heterocycles. The van der Waals surface area contributed by atoms with Crippen LogP contribution in [0.2, 0.25) is 0 Å². The van der Waals surface area contributed by atoms with Gasteiger partial charge in [-0.25, -0.2) is 4.98 Å². The smallest absolute Gasteiger partial charge is 0.130 e. The Kier molecular flexibility index (Phi) is 3.13. The fourth-order valence-corrected chi connectivity index (χ4v) is 3.48. The Balaban J connectivity index is 1.78. The second-order valence-corrected chi connectivity index (χ2v) is 6.14. The number of hydrogen-bond acceptors (Lipinski definition) is 4. The van der Waals surface area contributed by atoms with Gasteiger partial charge in [-0.05, 0) is 31.7 Å². The van der Waals surface area contributed by atoms with Crippen LogP contribution in [0.15, 0.2) is 12.3 Å². The molecule has 3 N–H and O–H groups in total. The predicted molar refractivity (Wildman–Crippen MR) is 77.1 cm³/mol. The summed E-state index contributed by atoms with van der Waals surface area (Å²) in [5.41, 5.74) is 7.37. The molecule has 4 heteroatoms. The lowest BCUT2D eigenvalue weighted by Gasteiger charge is -2.47. The second kappa shape index (κ2) is 4.67. The van der Waals surface area contributed by atoms with Crippen LogP contribution in [-0.2, 0) is 0 Å². The van der Waals surface area contributed by atoms with Crippen molar-refractivity contribution in [1.82, 2.24) is 4.98 Å². The summed E-state index contributed by atoms with van der Waals surface area (Å²) in [4.78, 5) is 6.77. The molecule has 1 aromatic rings. The second-order valence-electron chi connectivity index (χ2n) is 6.14. The lowest BCUT2D eigenvalue weighted by atomic mass is 9.71. The summed E-state index contributed by atoms with van der Waals surface area (Å²) in [5.74, 6) is 1.34. The van der Waals surface area contributed by atoms with Crippen LogP contribution in [-0.4, -0.2) is 28.8 Å². The molecule has 1 aromatic heterocycles. The van der Waals surface area contributed by atoms with Crippen molar-refractivity contribution in [2.45, 2.75) is 44.6 Å². The molecule has 19 heavy (non-hydrogen) atoms. The van der Waals surface area contributed by atoms with Crippen molar-refractivity contribution in [2.24, 2.45) is 5.92 Å². The molecule has 2 aliphatic rings. The summed E-state index contributed by atoms with van der Waals surface area (Å²) in [6.07, 6.45) is 7.20. The number of piperidine rings is 1. The molecule has 104 valence electrons. The molecule has 0 amide bonds. The van der Waals surface area contributed by atoms with E-state index < -0.39 is 5.60 Å². The number of aliphatic hydroxyl groups is 1. The molecule has 1 aliphatic heterocycles. The average molecular weight is 261 g/mol. The fourth-order valence-electron chi connectivity index (χ4n) is 3.48. The van der Waals surface area contributed by atoms with E-state index in [1.54, 1.807) is 0 Å². The van der Waals surface area contributed by atoms with Crippen molar-refractivity contribution in [3.63, 3.8) is 0 Å². The molecule has 0 aromatic carbocycles. The summed E-state index contributed by atoms with van der Waals surface area (Å²) in [6.45, 7) is 3.76. The number of aryl methyl sites for hydroxylation is 1. The Bertz CT molecular complexity index is 476. The maximum absolute atomic E-state index is 10.7. The van der Waals surface area contributed by atoms with Gasteiger partial charge in [0.05, 0.1) is 5.60 Å². The number of hydrogen-bond donors (Lipinski definition) is 2. The predicted octanol–water partition coefficient (Wildman–Crippen LogP) is 2.10. The van der Waals surface area contributed by atoms with Gasteiger partial charge in [0.2, 0.25) is 0 Å². The van der Waals surface area contributed by atoms with Crippen LogP contribution in [0, 0.1) is 12.8 Å². The SMILES string of the molecule is Cc1cnc(N2CCC3(O)CCCCC3C2)cc1N. The molecule has 1 saturated heterocycles. The van der Waals surface area contributed by atoms with Crippen molar-refractivity contribution in [3.05, 3.63) is 17.8 Å². The highest BCUT2D eigenvalue weighted by Gasteiger charge is 2.42. The van der Waals surface area contributed by atoms with E-state index in [4.69, 9.17) is 5.73 Å². The topological polar surface area (TPSA) is 62.4 Å². The maximum Gasteiger partial charge on any atom is 0.130 e. The van der Waals surface area contributed by atoms with Crippen molar-refractivity contribution >= 4 is 11.5 Å². The zero-order valence-corrected chi connectivity index (χ0v) is 11.6. The summed E-state index contributed by atoms with van der Waals surface area (Å²) in [7, 11) is 0. The van der Waals surface area contributed by atoms with E-state index in [0.717, 1.165) is 49.4 Å². The van der Waals surface area contributed by atoms with E-state index in [9.17, 15) is 5.11 Å². The number of nitrogen functional groups attached to an aromatic ring is 1. The highest BCUT2D eigenvalue weighted by molar-refractivity contribution is 5.55. The van der Waals surface area contributed by atoms with E-state index in [1.807, 2.05) is 19.2 Å². The number of pyridine rings is 1. The molecule has 0 bridgehead atoms. The lowest BCUT2D eigenvalue weighted by Crippen LogP contribution is -2.53. The number of nitrogens with zero attached hydrogens (tertiary/aromatic N) is 2. The van der Waals surface area contributed by atoms with Gasteiger partial charge in [-0.2, -0.15) is 0 Å². The molecular formula is C15H23N3O. The largest absolute Gasteiger partial charge is 0.398 e. The fraction of sp³-hybridized carbons (Fsp3) is 0.667. The Hall–Kier alpha value is -1.29. The third-order valence-corrected chi connectivity index (χ3v) is 4.88. The minimum Gasteiger partial charge on any atom is -0.398 e. The van der Waals surface area contributed by atoms with E-state index in [1.165, 1.54) is 12.8 Å². The Morgan fingerprint density at radius 3 is 3.05 bits per heavy atom. The average Bonchev–Trinajstić information content (AvgIpc) is 2.41. The molecule has 2 unspecified atom stereocenters. The van der Waals surface area contributed by atoms with E-state index >= 15 is 0 Å².